The zero-order valence-corrected chi connectivity index (χ0v) is 10.3. The molecule has 1 N–H and O–H groups in total. The van der Waals surface area contributed by atoms with Gasteiger partial charge in [0.05, 0.1) is 5.56 Å². The fraction of sp³-hybridized carbons (Fsp3) is 0.500. The number of methoxy groups -OCH3 is 1. The summed E-state index contributed by atoms with van der Waals surface area (Å²) in [6.07, 6.45) is 5.22. The van der Waals surface area contributed by atoms with Gasteiger partial charge in [-0.1, -0.05) is 31.0 Å². The molecule has 17 heavy (non-hydrogen) atoms. The van der Waals surface area contributed by atoms with Crippen LogP contribution in [0.1, 0.15) is 41.6 Å². The molecule has 0 saturated heterocycles. The Bertz CT molecular complexity index is 347. The second-order valence-electron chi connectivity index (χ2n) is 4.12. The molecule has 94 valence electrons. The van der Waals surface area contributed by atoms with Gasteiger partial charge in [0.2, 0.25) is 0 Å². The molecule has 0 aliphatic rings. The topological polar surface area (TPSA) is 46.5 Å². The van der Waals surface area contributed by atoms with Gasteiger partial charge in [-0.15, -0.1) is 0 Å². The molecule has 0 aliphatic heterocycles. The highest BCUT2D eigenvalue weighted by Gasteiger charge is 2.07. The highest BCUT2D eigenvalue weighted by atomic mass is 16.5. The Balaban J connectivity index is 2.34. The summed E-state index contributed by atoms with van der Waals surface area (Å²) in [7, 11) is 1.71. The molecule has 1 rings (SSSR count). The average molecular weight is 236 g/mol. The fourth-order valence-electron chi connectivity index (χ4n) is 1.86. The molecule has 1 aromatic rings. The highest BCUT2D eigenvalue weighted by Crippen LogP contribution is 2.13. The van der Waals surface area contributed by atoms with Gasteiger partial charge in [-0.3, -0.25) is 0 Å². The Kier molecular flexibility index (Phi) is 6.33. The first-order chi connectivity index (χ1) is 8.25. The summed E-state index contributed by atoms with van der Waals surface area (Å²) in [5.74, 6) is -0.833. The number of hydrogen-bond donors (Lipinski definition) is 1. The number of carboxylic acids is 1. The van der Waals surface area contributed by atoms with Gasteiger partial charge in [0.1, 0.15) is 0 Å². The molecule has 0 aromatic heterocycles. The van der Waals surface area contributed by atoms with Crippen LogP contribution in [0.5, 0.6) is 0 Å². The molecular weight excluding hydrogens is 216 g/mol. The van der Waals surface area contributed by atoms with E-state index in [9.17, 15) is 4.79 Å². The number of hydrogen-bond acceptors (Lipinski definition) is 2. The molecule has 0 unspecified atom stereocenters. The number of carbonyl (C=O) groups is 1. The SMILES string of the molecule is COCCCCCCc1ccccc1C(=O)O. The van der Waals surface area contributed by atoms with Crippen LogP contribution in [0.25, 0.3) is 0 Å². The Hall–Kier alpha value is -1.35. The van der Waals surface area contributed by atoms with E-state index in [1.807, 2.05) is 12.1 Å². The summed E-state index contributed by atoms with van der Waals surface area (Å²) in [6, 6.07) is 7.24. The van der Waals surface area contributed by atoms with Gasteiger partial charge in [-0.05, 0) is 30.9 Å². The molecular formula is C14H20O3. The molecule has 0 saturated carbocycles. The first-order valence-corrected chi connectivity index (χ1v) is 6.06. The molecule has 0 fully saturated rings. The molecule has 0 heterocycles. The van der Waals surface area contributed by atoms with E-state index < -0.39 is 5.97 Å². The minimum Gasteiger partial charge on any atom is -0.478 e. The van der Waals surface area contributed by atoms with Crippen LogP contribution in [-0.4, -0.2) is 24.8 Å². The number of unbranched alkanes of at least 4 members (excludes halogenated alkanes) is 3. The van der Waals surface area contributed by atoms with Crippen molar-refractivity contribution in [3.63, 3.8) is 0 Å². The van der Waals surface area contributed by atoms with Crippen LogP contribution in [0.2, 0.25) is 0 Å². The number of rotatable bonds is 8. The zero-order chi connectivity index (χ0) is 12.5. The van der Waals surface area contributed by atoms with Gasteiger partial charge in [0, 0.05) is 13.7 Å². The van der Waals surface area contributed by atoms with E-state index in [2.05, 4.69) is 0 Å². The highest BCUT2D eigenvalue weighted by molar-refractivity contribution is 5.89. The maximum atomic E-state index is 11.0. The van der Waals surface area contributed by atoms with Crippen LogP contribution in [0.15, 0.2) is 24.3 Å². The number of ether oxygens (including phenoxy) is 1. The van der Waals surface area contributed by atoms with Gasteiger partial charge in [-0.2, -0.15) is 0 Å². The maximum Gasteiger partial charge on any atom is 0.335 e. The van der Waals surface area contributed by atoms with Gasteiger partial charge in [0.15, 0.2) is 0 Å². The lowest BCUT2D eigenvalue weighted by atomic mass is 10.0. The van der Waals surface area contributed by atoms with Crippen LogP contribution < -0.4 is 0 Å². The lowest BCUT2D eigenvalue weighted by Gasteiger charge is -2.05. The van der Waals surface area contributed by atoms with Crippen molar-refractivity contribution in [2.45, 2.75) is 32.1 Å². The average Bonchev–Trinajstić information content (AvgIpc) is 2.34. The van der Waals surface area contributed by atoms with Crippen LogP contribution in [0.3, 0.4) is 0 Å². The minimum atomic E-state index is -0.833. The third-order valence-electron chi connectivity index (χ3n) is 2.79. The fourth-order valence-corrected chi connectivity index (χ4v) is 1.86. The predicted molar refractivity (Wildman–Crippen MR) is 67.4 cm³/mol. The largest absolute Gasteiger partial charge is 0.478 e. The third-order valence-corrected chi connectivity index (χ3v) is 2.79. The monoisotopic (exact) mass is 236 g/mol. The van der Waals surface area contributed by atoms with E-state index >= 15 is 0 Å². The second-order valence-corrected chi connectivity index (χ2v) is 4.12. The van der Waals surface area contributed by atoms with Crippen molar-refractivity contribution >= 4 is 5.97 Å². The van der Waals surface area contributed by atoms with Crippen molar-refractivity contribution in [3.8, 4) is 0 Å². The molecule has 0 spiro atoms. The molecule has 0 radical (unpaired) electrons. The number of carboxylic acid groups (broad SMARTS) is 1. The lowest BCUT2D eigenvalue weighted by molar-refractivity contribution is 0.0695. The first-order valence-electron chi connectivity index (χ1n) is 6.06. The van der Waals surface area contributed by atoms with Crippen molar-refractivity contribution < 1.29 is 14.6 Å². The van der Waals surface area contributed by atoms with Crippen LogP contribution >= 0.6 is 0 Å². The van der Waals surface area contributed by atoms with Crippen molar-refractivity contribution in [2.24, 2.45) is 0 Å². The summed E-state index contributed by atoms with van der Waals surface area (Å²) in [5.41, 5.74) is 1.37. The normalized spacial score (nSPS) is 10.4. The van der Waals surface area contributed by atoms with Gasteiger partial charge < -0.3 is 9.84 Å². The van der Waals surface area contributed by atoms with E-state index in [-0.39, 0.29) is 0 Å². The zero-order valence-electron chi connectivity index (χ0n) is 10.3. The molecule has 3 nitrogen and oxygen atoms in total. The Morgan fingerprint density at radius 2 is 1.88 bits per heavy atom. The minimum absolute atomic E-state index is 0.435. The van der Waals surface area contributed by atoms with Crippen molar-refractivity contribution in [3.05, 3.63) is 35.4 Å². The van der Waals surface area contributed by atoms with E-state index in [0.29, 0.717) is 5.56 Å². The van der Waals surface area contributed by atoms with Crippen molar-refractivity contribution in [1.82, 2.24) is 0 Å². The number of aryl methyl sites for hydroxylation is 1. The lowest BCUT2D eigenvalue weighted by Crippen LogP contribution is -2.02. The molecule has 3 heteroatoms. The van der Waals surface area contributed by atoms with Gasteiger partial charge in [0.25, 0.3) is 0 Å². The smallest absolute Gasteiger partial charge is 0.335 e. The van der Waals surface area contributed by atoms with Gasteiger partial charge >= 0.3 is 5.97 Å². The van der Waals surface area contributed by atoms with E-state index in [1.54, 1.807) is 19.2 Å². The van der Waals surface area contributed by atoms with Gasteiger partial charge in [-0.25, -0.2) is 4.79 Å². The number of benzene rings is 1. The Morgan fingerprint density at radius 1 is 1.18 bits per heavy atom. The maximum absolute atomic E-state index is 11.0. The van der Waals surface area contributed by atoms with Crippen LogP contribution in [0, 0.1) is 0 Å². The molecule has 0 atom stereocenters. The Labute approximate surface area is 102 Å². The molecule has 1 aromatic carbocycles. The third kappa shape index (κ3) is 5.00. The quantitative estimate of drug-likeness (QED) is 0.705. The Morgan fingerprint density at radius 3 is 2.59 bits per heavy atom. The second kappa shape index (κ2) is 7.85. The van der Waals surface area contributed by atoms with E-state index in [4.69, 9.17) is 9.84 Å². The van der Waals surface area contributed by atoms with Crippen molar-refractivity contribution in [1.29, 1.82) is 0 Å². The molecule has 0 amide bonds. The summed E-state index contributed by atoms with van der Waals surface area (Å²) < 4.78 is 4.98. The van der Waals surface area contributed by atoms with Crippen LogP contribution in [-0.2, 0) is 11.2 Å². The van der Waals surface area contributed by atoms with E-state index in [0.717, 1.165) is 44.3 Å². The summed E-state index contributed by atoms with van der Waals surface area (Å²) in [5, 5.41) is 9.02. The summed E-state index contributed by atoms with van der Waals surface area (Å²) in [4.78, 5) is 11.0. The summed E-state index contributed by atoms with van der Waals surface area (Å²) >= 11 is 0. The van der Waals surface area contributed by atoms with E-state index in [1.165, 1.54) is 0 Å². The first kappa shape index (κ1) is 13.7. The number of aromatic carboxylic acids is 1. The molecule has 0 bridgehead atoms. The molecule has 0 aliphatic carbocycles. The van der Waals surface area contributed by atoms with Crippen LogP contribution in [0.4, 0.5) is 0 Å². The van der Waals surface area contributed by atoms with Crippen molar-refractivity contribution in [2.75, 3.05) is 13.7 Å². The standard InChI is InChI=1S/C14H20O3/c1-17-11-7-3-2-4-8-12-9-5-6-10-13(12)14(15)16/h5-6,9-10H,2-4,7-8,11H2,1H3,(H,15,16). The summed E-state index contributed by atoms with van der Waals surface area (Å²) in [6.45, 7) is 0.811. The predicted octanol–water partition coefficient (Wildman–Crippen LogP) is 3.13.